The van der Waals surface area contributed by atoms with Crippen molar-refractivity contribution in [2.24, 2.45) is 0 Å². The van der Waals surface area contributed by atoms with E-state index in [2.05, 4.69) is 10.2 Å². The van der Waals surface area contributed by atoms with Crippen molar-refractivity contribution in [3.63, 3.8) is 0 Å². The Morgan fingerprint density at radius 3 is 2.45 bits per heavy atom. The van der Waals surface area contributed by atoms with Gasteiger partial charge in [-0.3, -0.25) is 9.36 Å². The predicted molar refractivity (Wildman–Crippen MR) is 129 cm³/mol. The second-order valence-corrected chi connectivity index (χ2v) is 11.2. The summed E-state index contributed by atoms with van der Waals surface area (Å²) in [4.78, 5) is 14.3. The molecule has 1 unspecified atom stereocenters. The van der Waals surface area contributed by atoms with E-state index in [1.807, 2.05) is 60.0 Å². The summed E-state index contributed by atoms with van der Waals surface area (Å²) in [6.45, 7) is 2.02. The highest BCUT2D eigenvalue weighted by Crippen LogP contribution is 2.29. The normalized spacial score (nSPS) is 17.1. The minimum absolute atomic E-state index is 0.0288. The van der Waals surface area contributed by atoms with Gasteiger partial charge in [-0.15, -0.1) is 10.2 Å². The molecule has 1 amide bonds. The van der Waals surface area contributed by atoms with Gasteiger partial charge in [-0.2, -0.15) is 0 Å². The number of rotatable bonds is 7. The van der Waals surface area contributed by atoms with Crippen LogP contribution >= 0.6 is 11.8 Å². The first-order valence-corrected chi connectivity index (χ1v) is 13.3. The molecule has 0 radical (unpaired) electrons. The van der Waals surface area contributed by atoms with Crippen LogP contribution in [0.25, 0.3) is 17.1 Å². The van der Waals surface area contributed by atoms with E-state index < -0.39 is 9.84 Å². The van der Waals surface area contributed by atoms with E-state index in [9.17, 15) is 13.2 Å². The number of carbonyl (C=O) groups excluding carboxylic acids is 1. The van der Waals surface area contributed by atoms with Crippen LogP contribution < -0.4 is 4.74 Å². The highest BCUT2D eigenvalue weighted by Gasteiger charge is 2.32. The number of thioether (sulfide) groups is 1. The monoisotopic (exact) mass is 486 g/mol. The standard InChI is InChI=1S/C23H26N4O4S2/c1-16-4-8-18(9-5-16)27-22(17-6-10-20(31-3)11-7-17)24-25-23(27)32-14-21(28)26(2)19-12-13-33(29,30)15-19/h4-11,19H,12-15H2,1-3H3. The van der Waals surface area contributed by atoms with Gasteiger partial charge in [-0.25, -0.2) is 8.42 Å². The number of nitrogens with zero attached hydrogens (tertiary/aromatic N) is 4. The van der Waals surface area contributed by atoms with Crippen LogP contribution in [0.4, 0.5) is 0 Å². The Labute approximate surface area is 197 Å². The number of hydrogen-bond donors (Lipinski definition) is 0. The van der Waals surface area contributed by atoms with Crippen molar-refractivity contribution in [1.29, 1.82) is 0 Å². The molecule has 1 aromatic heterocycles. The molecule has 1 atom stereocenters. The molecule has 8 nitrogen and oxygen atoms in total. The Morgan fingerprint density at radius 2 is 1.85 bits per heavy atom. The molecule has 3 aromatic rings. The molecule has 1 fully saturated rings. The Bertz CT molecular complexity index is 1240. The number of amides is 1. The average Bonchev–Trinajstić information content (AvgIpc) is 3.40. The van der Waals surface area contributed by atoms with Crippen molar-refractivity contribution < 1.29 is 17.9 Å². The number of carbonyl (C=O) groups is 1. The minimum Gasteiger partial charge on any atom is -0.497 e. The molecule has 174 valence electrons. The minimum atomic E-state index is -3.06. The van der Waals surface area contributed by atoms with Gasteiger partial charge in [0.05, 0.1) is 24.4 Å². The van der Waals surface area contributed by atoms with Crippen molar-refractivity contribution >= 4 is 27.5 Å². The fourth-order valence-electron chi connectivity index (χ4n) is 3.73. The molecule has 0 bridgehead atoms. The van der Waals surface area contributed by atoms with Gasteiger partial charge in [-0.05, 0) is 49.7 Å². The molecule has 0 N–H and O–H groups in total. The van der Waals surface area contributed by atoms with E-state index in [4.69, 9.17) is 4.74 Å². The summed E-state index contributed by atoms with van der Waals surface area (Å²) in [5.41, 5.74) is 2.90. The summed E-state index contributed by atoms with van der Waals surface area (Å²) in [7, 11) is 0.231. The molecular weight excluding hydrogens is 460 g/mol. The van der Waals surface area contributed by atoms with Gasteiger partial charge in [0.2, 0.25) is 5.91 Å². The molecule has 0 saturated carbocycles. The number of ether oxygens (including phenoxy) is 1. The third-order valence-corrected chi connectivity index (χ3v) is 8.41. The van der Waals surface area contributed by atoms with Crippen LogP contribution in [0.1, 0.15) is 12.0 Å². The lowest BCUT2D eigenvalue weighted by Gasteiger charge is -2.23. The van der Waals surface area contributed by atoms with Crippen LogP contribution in [0.2, 0.25) is 0 Å². The quantitative estimate of drug-likeness (QED) is 0.474. The van der Waals surface area contributed by atoms with Crippen molar-refractivity contribution in [2.75, 3.05) is 31.4 Å². The molecular formula is C23H26N4O4S2. The van der Waals surface area contributed by atoms with Crippen LogP contribution in [0.15, 0.2) is 53.7 Å². The van der Waals surface area contributed by atoms with Crippen molar-refractivity contribution in [2.45, 2.75) is 24.5 Å². The second-order valence-electron chi connectivity index (χ2n) is 8.06. The van der Waals surface area contributed by atoms with Crippen LogP contribution in [-0.2, 0) is 14.6 Å². The van der Waals surface area contributed by atoms with Crippen LogP contribution in [0, 0.1) is 6.92 Å². The summed E-state index contributed by atoms with van der Waals surface area (Å²) >= 11 is 1.29. The fourth-order valence-corrected chi connectivity index (χ4v) is 6.38. The van der Waals surface area contributed by atoms with Gasteiger partial charge in [0.25, 0.3) is 0 Å². The third kappa shape index (κ3) is 5.22. The summed E-state index contributed by atoms with van der Waals surface area (Å²) < 4.78 is 30.7. The molecule has 4 rings (SSSR count). The molecule has 10 heteroatoms. The largest absolute Gasteiger partial charge is 0.497 e. The van der Waals surface area contributed by atoms with Crippen LogP contribution in [-0.4, -0.2) is 71.4 Å². The van der Waals surface area contributed by atoms with Crippen molar-refractivity contribution in [3.8, 4) is 22.8 Å². The topological polar surface area (TPSA) is 94.4 Å². The highest BCUT2D eigenvalue weighted by atomic mass is 32.2. The smallest absolute Gasteiger partial charge is 0.233 e. The van der Waals surface area contributed by atoms with Gasteiger partial charge < -0.3 is 9.64 Å². The number of sulfone groups is 1. The zero-order valence-corrected chi connectivity index (χ0v) is 20.4. The number of hydrogen-bond acceptors (Lipinski definition) is 7. The molecule has 0 spiro atoms. The summed E-state index contributed by atoms with van der Waals surface area (Å²) in [5.74, 6) is 1.58. The van der Waals surface area contributed by atoms with E-state index in [0.717, 1.165) is 22.6 Å². The van der Waals surface area contributed by atoms with Crippen LogP contribution in [0.3, 0.4) is 0 Å². The Kier molecular flexibility index (Phi) is 6.76. The van der Waals surface area contributed by atoms with Gasteiger partial charge in [0.15, 0.2) is 20.8 Å². The zero-order chi connectivity index (χ0) is 23.6. The van der Waals surface area contributed by atoms with E-state index in [-0.39, 0.29) is 29.2 Å². The fraction of sp³-hybridized carbons (Fsp3) is 0.348. The summed E-state index contributed by atoms with van der Waals surface area (Å²) in [6.07, 6.45) is 0.483. The Morgan fingerprint density at radius 1 is 1.15 bits per heavy atom. The Balaban J connectivity index is 1.59. The summed E-state index contributed by atoms with van der Waals surface area (Å²) in [5, 5.41) is 9.36. The first-order chi connectivity index (χ1) is 15.8. The number of benzene rings is 2. The number of aryl methyl sites for hydroxylation is 1. The molecule has 1 aliphatic rings. The number of methoxy groups -OCH3 is 1. The van der Waals surface area contributed by atoms with Gasteiger partial charge in [0.1, 0.15) is 5.75 Å². The maximum Gasteiger partial charge on any atom is 0.233 e. The number of aromatic nitrogens is 3. The van der Waals surface area contributed by atoms with E-state index in [1.54, 1.807) is 19.1 Å². The van der Waals surface area contributed by atoms with Gasteiger partial charge >= 0.3 is 0 Å². The van der Waals surface area contributed by atoms with Gasteiger partial charge in [0, 0.05) is 24.3 Å². The first kappa shape index (κ1) is 23.3. The van der Waals surface area contributed by atoms with Crippen molar-refractivity contribution in [3.05, 3.63) is 54.1 Å². The second kappa shape index (κ2) is 9.56. The van der Waals surface area contributed by atoms with E-state index in [1.165, 1.54) is 11.8 Å². The highest BCUT2D eigenvalue weighted by molar-refractivity contribution is 7.99. The van der Waals surface area contributed by atoms with Crippen molar-refractivity contribution in [1.82, 2.24) is 19.7 Å². The molecule has 2 heterocycles. The SMILES string of the molecule is COc1ccc(-c2nnc(SCC(=O)N(C)C3CCS(=O)(=O)C3)n2-c2ccc(C)cc2)cc1. The van der Waals surface area contributed by atoms with E-state index in [0.29, 0.717) is 17.4 Å². The lowest BCUT2D eigenvalue weighted by Crippen LogP contribution is -2.38. The average molecular weight is 487 g/mol. The maximum absolute atomic E-state index is 12.8. The molecule has 33 heavy (non-hydrogen) atoms. The molecule has 0 aliphatic carbocycles. The van der Waals surface area contributed by atoms with E-state index >= 15 is 0 Å². The lowest BCUT2D eigenvalue weighted by molar-refractivity contribution is -0.128. The molecule has 1 aliphatic heterocycles. The molecule has 2 aromatic carbocycles. The lowest BCUT2D eigenvalue weighted by atomic mass is 10.2. The Hall–Kier alpha value is -2.85. The predicted octanol–water partition coefficient (Wildman–Crippen LogP) is 2.99. The zero-order valence-electron chi connectivity index (χ0n) is 18.8. The van der Waals surface area contributed by atoms with Gasteiger partial charge in [-0.1, -0.05) is 29.5 Å². The summed E-state index contributed by atoms with van der Waals surface area (Å²) in [6, 6.07) is 15.3. The first-order valence-electron chi connectivity index (χ1n) is 10.5. The van der Waals surface area contributed by atoms with Crippen LogP contribution in [0.5, 0.6) is 5.75 Å². The third-order valence-electron chi connectivity index (χ3n) is 5.75. The molecule has 1 saturated heterocycles. The maximum atomic E-state index is 12.8.